The number of aromatic carboxylic acids is 1. The van der Waals surface area contributed by atoms with Crippen LogP contribution < -0.4 is 0 Å². The average Bonchev–Trinajstić information content (AvgIpc) is 2.15. The van der Waals surface area contributed by atoms with Crippen LogP contribution in [-0.4, -0.2) is 21.8 Å². The van der Waals surface area contributed by atoms with Crippen LogP contribution in [0.4, 0.5) is 0 Å². The first-order valence-corrected chi connectivity index (χ1v) is 5.04. The first-order valence-electron chi connectivity index (χ1n) is 4.05. The normalized spacial score (nSPS) is 9.92. The highest BCUT2D eigenvalue weighted by molar-refractivity contribution is 7.99. The molecular weight excluding hydrogens is 186 g/mol. The Kier molecular flexibility index (Phi) is 3.76. The summed E-state index contributed by atoms with van der Waals surface area (Å²) in [5.41, 5.74) is 0.293. The van der Waals surface area contributed by atoms with Crippen LogP contribution in [0.25, 0.3) is 0 Å². The Bertz CT molecular complexity index is 301. The van der Waals surface area contributed by atoms with Crippen molar-refractivity contribution in [2.75, 3.05) is 5.75 Å². The van der Waals surface area contributed by atoms with E-state index in [1.807, 2.05) is 0 Å². The van der Waals surface area contributed by atoms with Crippen LogP contribution in [0.5, 0.6) is 0 Å². The lowest BCUT2D eigenvalue weighted by molar-refractivity contribution is 0.0692. The fraction of sp³-hybridized carbons (Fsp3) is 0.333. The summed E-state index contributed by atoms with van der Waals surface area (Å²) in [5.74, 6) is 0.0244. The van der Waals surface area contributed by atoms with Crippen LogP contribution in [-0.2, 0) is 0 Å². The van der Waals surface area contributed by atoms with Gasteiger partial charge in [0.15, 0.2) is 0 Å². The molecule has 0 amide bonds. The van der Waals surface area contributed by atoms with Gasteiger partial charge in [0.1, 0.15) is 0 Å². The van der Waals surface area contributed by atoms with Crippen molar-refractivity contribution in [3.63, 3.8) is 0 Å². The van der Waals surface area contributed by atoms with Crippen molar-refractivity contribution in [1.29, 1.82) is 0 Å². The fourth-order valence-electron chi connectivity index (χ4n) is 0.880. The highest BCUT2D eigenvalue weighted by Gasteiger charge is 2.08. The predicted octanol–water partition coefficient (Wildman–Crippen LogP) is 2.28. The third-order valence-corrected chi connectivity index (χ3v) is 2.75. The zero-order valence-electron chi connectivity index (χ0n) is 7.36. The van der Waals surface area contributed by atoms with Crippen LogP contribution in [0.1, 0.15) is 23.7 Å². The van der Waals surface area contributed by atoms with Gasteiger partial charge in [-0.05, 0) is 18.2 Å². The molecule has 1 rings (SSSR count). The minimum Gasteiger partial charge on any atom is -0.478 e. The molecule has 0 fully saturated rings. The summed E-state index contributed by atoms with van der Waals surface area (Å²) in [6, 6.07) is 1.74. The number of carboxylic acid groups (broad SMARTS) is 1. The van der Waals surface area contributed by atoms with Gasteiger partial charge in [-0.25, -0.2) is 4.79 Å². The molecule has 1 aromatic rings. The molecule has 0 aliphatic rings. The minimum absolute atomic E-state index is 0.293. The summed E-state index contributed by atoms with van der Waals surface area (Å²) in [6.45, 7) is 2.06. The molecule has 0 unspecified atom stereocenters. The van der Waals surface area contributed by atoms with Crippen LogP contribution >= 0.6 is 11.8 Å². The van der Waals surface area contributed by atoms with Gasteiger partial charge in [-0.15, -0.1) is 11.8 Å². The lowest BCUT2D eigenvalue weighted by Crippen LogP contribution is -1.99. The van der Waals surface area contributed by atoms with E-state index in [0.29, 0.717) is 5.56 Å². The number of aromatic nitrogens is 1. The van der Waals surface area contributed by atoms with Gasteiger partial charge in [-0.3, -0.25) is 4.98 Å². The summed E-state index contributed by atoms with van der Waals surface area (Å²) in [5, 5.41) is 8.81. The third-order valence-electron chi connectivity index (χ3n) is 1.47. The number of thioether (sulfide) groups is 1. The number of hydrogen-bond donors (Lipinski definition) is 1. The summed E-state index contributed by atoms with van der Waals surface area (Å²) in [7, 11) is 0. The number of carbonyl (C=O) groups is 1. The smallest absolute Gasteiger partial charge is 0.338 e. The lowest BCUT2D eigenvalue weighted by Gasteiger charge is -2.02. The Labute approximate surface area is 81.2 Å². The highest BCUT2D eigenvalue weighted by atomic mass is 32.2. The van der Waals surface area contributed by atoms with E-state index in [4.69, 9.17) is 5.11 Å². The zero-order chi connectivity index (χ0) is 9.68. The molecule has 3 nitrogen and oxygen atoms in total. The zero-order valence-corrected chi connectivity index (χ0v) is 8.17. The van der Waals surface area contributed by atoms with E-state index < -0.39 is 5.97 Å². The molecule has 0 radical (unpaired) electrons. The van der Waals surface area contributed by atoms with E-state index in [0.717, 1.165) is 17.1 Å². The second-order valence-corrected chi connectivity index (χ2v) is 3.66. The molecule has 4 heteroatoms. The summed E-state index contributed by atoms with van der Waals surface area (Å²) >= 11 is 1.55. The summed E-state index contributed by atoms with van der Waals surface area (Å²) in [6.07, 6.45) is 4.04. The first-order chi connectivity index (χ1) is 6.25. The van der Waals surface area contributed by atoms with E-state index >= 15 is 0 Å². The summed E-state index contributed by atoms with van der Waals surface area (Å²) < 4.78 is 0. The van der Waals surface area contributed by atoms with Crippen LogP contribution in [0, 0.1) is 0 Å². The van der Waals surface area contributed by atoms with Crippen molar-refractivity contribution >= 4 is 17.7 Å². The van der Waals surface area contributed by atoms with Gasteiger partial charge in [0.05, 0.1) is 5.56 Å². The van der Waals surface area contributed by atoms with Crippen LogP contribution in [0.3, 0.4) is 0 Å². The van der Waals surface area contributed by atoms with E-state index in [9.17, 15) is 4.79 Å². The maximum atomic E-state index is 10.7. The van der Waals surface area contributed by atoms with Crippen molar-refractivity contribution in [3.05, 3.63) is 24.0 Å². The van der Waals surface area contributed by atoms with Crippen molar-refractivity contribution < 1.29 is 9.90 Å². The Morgan fingerprint density at radius 3 is 3.08 bits per heavy atom. The van der Waals surface area contributed by atoms with Gasteiger partial charge in [-0.1, -0.05) is 6.92 Å². The van der Waals surface area contributed by atoms with Gasteiger partial charge in [-0.2, -0.15) is 0 Å². The standard InChI is InChI=1S/C9H11NO2S/c1-2-5-13-8-3-4-10-6-7(8)9(11)12/h3-4,6H,2,5H2,1H3,(H,11,12). The van der Waals surface area contributed by atoms with E-state index in [-0.39, 0.29) is 0 Å². The Hall–Kier alpha value is -1.03. The summed E-state index contributed by atoms with van der Waals surface area (Å²) in [4.78, 5) is 15.3. The SMILES string of the molecule is CCCSc1ccncc1C(=O)O. The average molecular weight is 197 g/mol. The topological polar surface area (TPSA) is 50.2 Å². The molecule has 0 saturated heterocycles. The number of rotatable bonds is 4. The Morgan fingerprint density at radius 1 is 1.69 bits per heavy atom. The van der Waals surface area contributed by atoms with Crippen LogP contribution in [0.15, 0.2) is 23.4 Å². The minimum atomic E-state index is -0.910. The largest absolute Gasteiger partial charge is 0.478 e. The lowest BCUT2D eigenvalue weighted by atomic mass is 10.3. The molecule has 0 bridgehead atoms. The molecular formula is C9H11NO2S. The van der Waals surface area contributed by atoms with Crippen molar-refractivity contribution in [3.8, 4) is 0 Å². The monoisotopic (exact) mass is 197 g/mol. The quantitative estimate of drug-likeness (QED) is 0.752. The van der Waals surface area contributed by atoms with Crippen molar-refractivity contribution in [1.82, 2.24) is 4.98 Å². The Morgan fingerprint density at radius 2 is 2.46 bits per heavy atom. The van der Waals surface area contributed by atoms with E-state index in [1.54, 1.807) is 24.0 Å². The molecule has 0 aromatic carbocycles. The van der Waals surface area contributed by atoms with Gasteiger partial charge in [0, 0.05) is 17.3 Å². The van der Waals surface area contributed by atoms with Crippen molar-refractivity contribution in [2.24, 2.45) is 0 Å². The molecule has 0 aliphatic heterocycles. The molecule has 0 aliphatic carbocycles. The van der Waals surface area contributed by atoms with Gasteiger partial charge >= 0.3 is 5.97 Å². The molecule has 1 heterocycles. The fourth-order valence-corrected chi connectivity index (χ4v) is 1.76. The molecule has 1 N–H and O–H groups in total. The van der Waals surface area contributed by atoms with Crippen molar-refractivity contribution in [2.45, 2.75) is 18.2 Å². The molecule has 0 spiro atoms. The highest BCUT2D eigenvalue weighted by Crippen LogP contribution is 2.22. The van der Waals surface area contributed by atoms with Crippen LogP contribution in [0.2, 0.25) is 0 Å². The van der Waals surface area contributed by atoms with Gasteiger partial charge < -0.3 is 5.11 Å². The third kappa shape index (κ3) is 2.73. The van der Waals surface area contributed by atoms with E-state index in [1.165, 1.54) is 6.20 Å². The number of hydrogen-bond acceptors (Lipinski definition) is 3. The second kappa shape index (κ2) is 4.87. The van der Waals surface area contributed by atoms with E-state index in [2.05, 4.69) is 11.9 Å². The molecule has 13 heavy (non-hydrogen) atoms. The molecule has 1 aromatic heterocycles. The van der Waals surface area contributed by atoms with Gasteiger partial charge in [0.2, 0.25) is 0 Å². The number of pyridine rings is 1. The maximum absolute atomic E-state index is 10.7. The molecule has 70 valence electrons. The molecule has 0 atom stereocenters. The first kappa shape index (κ1) is 10.1. The maximum Gasteiger partial charge on any atom is 0.338 e. The predicted molar refractivity (Wildman–Crippen MR) is 52.2 cm³/mol. The van der Waals surface area contributed by atoms with Gasteiger partial charge in [0.25, 0.3) is 0 Å². The number of nitrogens with zero attached hydrogens (tertiary/aromatic N) is 1. The Balaban J connectivity index is 2.84. The molecule has 0 saturated carbocycles. The number of carboxylic acids is 1. The second-order valence-electron chi connectivity index (χ2n) is 2.53.